The van der Waals surface area contributed by atoms with Crippen LogP contribution in [-0.4, -0.2) is 24.2 Å². The standard InChI is InChI=1S/C16H20N2O2/c1-2-14(16(19)20)12-7-9-18(10-8-12)15-6-4-3-5-13(15)11-17/h3-6,12,14H,2,7-10H2,1H3,(H,19,20). The van der Waals surface area contributed by atoms with E-state index >= 15 is 0 Å². The first kappa shape index (κ1) is 14.4. The summed E-state index contributed by atoms with van der Waals surface area (Å²) >= 11 is 0. The fraction of sp³-hybridized carbons (Fsp3) is 0.500. The molecule has 1 saturated heterocycles. The van der Waals surface area contributed by atoms with Crippen LogP contribution in [0.15, 0.2) is 24.3 Å². The third-order valence-electron chi connectivity index (χ3n) is 4.23. The minimum Gasteiger partial charge on any atom is -0.481 e. The molecule has 1 aliphatic rings. The fourth-order valence-electron chi connectivity index (χ4n) is 3.10. The number of carboxylic acid groups (broad SMARTS) is 1. The Labute approximate surface area is 119 Å². The number of nitrogens with zero attached hydrogens (tertiary/aromatic N) is 2. The summed E-state index contributed by atoms with van der Waals surface area (Å²) in [4.78, 5) is 13.4. The van der Waals surface area contributed by atoms with Crippen LogP contribution in [0, 0.1) is 23.2 Å². The molecule has 2 rings (SSSR count). The maximum atomic E-state index is 11.2. The minimum atomic E-state index is -0.677. The Balaban J connectivity index is 2.05. The molecule has 1 unspecified atom stereocenters. The molecule has 0 amide bonds. The van der Waals surface area contributed by atoms with Gasteiger partial charge in [-0.2, -0.15) is 5.26 Å². The van der Waals surface area contributed by atoms with Gasteiger partial charge in [-0.1, -0.05) is 19.1 Å². The van der Waals surface area contributed by atoms with Gasteiger partial charge < -0.3 is 10.0 Å². The van der Waals surface area contributed by atoms with Gasteiger partial charge in [-0.05, 0) is 37.3 Å². The summed E-state index contributed by atoms with van der Waals surface area (Å²) in [5.41, 5.74) is 1.66. The number of hydrogen-bond donors (Lipinski definition) is 1. The molecule has 1 fully saturated rings. The molecule has 0 aliphatic carbocycles. The average molecular weight is 272 g/mol. The highest BCUT2D eigenvalue weighted by molar-refractivity contribution is 5.70. The van der Waals surface area contributed by atoms with Gasteiger partial charge in [0.25, 0.3) is 0 Å². The molecule has 0 spiro atoms. The number of rotatable bonds is 4. The normalized spacial score (nSPS) is 17.5. The summed E-state index contributed by atoms with van der Waals surface area (Å²) in [5.74, 6) is -0.658. The Bertz CT molecular complexity index is 513. The van der Waals surface area contributed by atoms with Gasteiger partial charge in [0.05, 0.1) is 17.2 Å². The van der Waals surface area contributed by atoms with E-state index in [-0.39, 0.29) is 11.8 Å². The van der Waals surface area contributed by atoms with Crippen LogP contribution in [-0.2, 0) is 4.79 Å². The van der Waals surface area contributed by atoms with Crippen LogP contribution in [0.3, 0.4) is 0 Å². The second-order valence-electron chi connectivity index (χ2n) is 5.31. The van der Waals surface area contributed by atoms with Crippen LogP contribution in [0.2, 0.25) is 0 Å². The number of anilines is 1. The smallest absolute Gasteiger partial charge is 0.306 e. The molecule has 0 aromatic heterocycles. The van der Waals surface area contributed by atoms with Crippen molar-refractivity contribution >= 4 is 11.7 Å². The number of aliphatic carboxylic acids is 1. The van der Waals surface area contributed by atoms with Crippen LogP contribution >= 0.6 is 0 Å². The maximum Gasteiger partial charge on any atom is 0.306 e. The van der Waals surface area contributed by atoms with Crippen molar-refractivity contribution < 1.29 is 9.90 Å². The molecule has 1 aliphatic heterocycles. The molecular formula is C16H20N2O2. The monoisotopic (exact) mass is 272 g/mol. The van der Waals surface area contributed by atoms with Gasteiger partial charge in [-0.15, -0.1) is 0 Å². The number of para-hydroxylation sites is 1. The van der Waals surface area contributed by atoms with E-state index < -0.39 is 5.97 Å². The van der Waals surface area contributed by atoms with Crippen molar-refractivity contribution in [3.8, 4) is 6.07 Å². The SMILES string of the molecule is CCC(C(=O)O)C1CCN(c2ccccc2C#N)CC1. The summed E-state index contributed by atoms with van der Waals surface area (Å²) in [6.07, 6.45) is 2.45. The third kappa shape index (κ3) is 2.93. The van der Waals surface area contributed by atoms with Crippen LogP contribution in [0.25, 0.3) is 0 Å². The predicted octanol–water partition coefficient (Wildman–Crippen LogP) is 2.89. The molecule has 0 bridgehead atoms. The highest BCUT2D eigenvalue weighted by Gasteiger charge is 2.30. The van der Waals surface area contributed by atoms with E-state index in [1.54, 1.807) is 0 Å². The molecule has 4 nitrogen and oxygen atoms in total. The zero-order valence-electron chi connectivity index (χ0n) is 11.7. The van der Waals surface area contributed by atoms with Gasteiger partial charge in [0.15, 0.2) is 0 Å². The third-order valence-corrected chi connectivity index (χ3v) is 4.23. The van der Waals surface area contributed by atoms with E-state index in [1.165, 1.54) is 0 Å². The highest BCUT2D eigenvalue weighted by Crippen LogP contribution is 2.31. The van der Waals surface area contributed by atoms with Crippen molar-refractivity contribution in [2.24, 2.45) is 11.8 Å². The Kier molecular flexibility index (Phi) is 4.62. The molecule has 1 aromatic rings. The van der Waals surface area contributed by atoms with Gasteiger partial charge >= 0.3 is 5.97 Å². The molecule has 1 heterocycles. The van der Waals surface area contributed by atoms with Crippen LogP contribution in [0.5, 0.6) is 0 Å². The first-order valence-electron chi connectivity index (χ1n) is 7.14. The van der Waals surface area contributed by atoms with Gasteiger partial charge in [-0.25, -0.2) is 0 Å². The number of carboxylic acids is 1. The molecule has 4 heteroatoms. The average Bonchev–Trinajstić information content (AvgIpc) is 2.48. The van der Waals surface area contributed by atoms with Crippen molar-refractivity contribution in [3.05, 3.63) is 29.8 Å². The first-order valence-corrected chi connectivity index (χ1v) is 7.14. The summed E-state index contributed by atoms with van der Waals surface area (Å²) in [6.45, 7) is 3.59. The summed E-state index contributed by atoms with van der Waals surface area (Å²) in [5, 5.41) is 18.4. The predicted molar refractivity (Wildman–Crippen MR) is 77.5 cm³/mol. The van der Waals surface area contributed by atoms with Crippen LogP contribution in [0.4, 0.5) is 5.69 Å². The number of benzene rings is 1. The number of hydrogen-bond acceptors (Lipinski definition) is 3. The number of carbonyl (C=O) groups is 1. The molecule has 1 aromatic carbocycles. The summed E-state index contributed by atoms with van der Waals surface area (Å²) in [7, 11) is 0. The van der Waals surface area contributed by atoms with E-state index in [1.807, 2.05) is 31.2 Å². The maximum absolute atomic E-state index is 11.2. The number of nitriles is 1. The minimum absolute atomic E-state index is 0.233. The molecule has 0 saturated carbocycles. The lowest BCUT2D eigenvalue weighted by atomic mass is 9.82. The zero-order chi connectivity index (χ0) is 14.5. The van der Waals surface area contributed by atoms with Crippen molar-refractivity contribution in [1.29, 1.82) is 5.26 Å². The van der Waals surface area contributed by atoms with Crippen LogP contribution < -0.4 is 4.90 Å². The first-order chi connectivity index (χ1) is 9.67. The summed E-state index contributed by atoms with van der Waals surface area (Å²) in [6, 6.07) is 9.82. The van der Waals surface area contributed by atoms with E-state index in [0.29, 0.717) is 12.0 Å². The molecular weight excluding hydrogens is 252 g/mol. The molecule has 106 valence electrons. The Morgan fingerprint density at radius 3 is 2.65 bits per heavy atom. The largest absolute Gasteiger partial charge is 0.481 e. The lowest BCUT2D eigenvalue weighted by Gasteiger charge is -2.36. The van der Waals surface area contributed by atoms with E-state index in [0.717, 1.165) is 31.6 Å². The van der Waals surface area contributed by atoms with E-state index in [4.69, 9.17) is 5.26 Å². The Hall–Kier alpha value is -2.02. The Morgan fingerprint density at radius 1 is 1.45 bits per heavy atom. The summed E-state index contributed by atoms with van der Waals surface area (Å²) < 4.78 is 0. The van der Waals surface area contributed by atoms with E-state index in [9.17, 15) is 9.90 Å². The van der Waals surface area contributed by atoms with Gasteiger partial charge in [-0.3, -0.25) is 4.79 Å². The quantitative estimate of drug-likeness (QED) is 0.915. The van der Waals surface area contributed by atoms with Gasteiger partial charge in [0.1, 0.15) is 6.07 Å². The molecule has 20 heavy (non-hydrogen) atoms. The molecule has 1 atom stereocenters. The highest BCUT2D eigenvalue weighted by atomic mass is 16.4. The fourth-order valence-corrected chi connectivity index (χ4v) is 3.10. The number of piperidine rings is 1. The lowest BCUT2D eigenvalue weighted by molar-refractivity contribution is -0.144. The van der Waals surface area contributed by atoms with Crippen LogP contribution in [0.1, 0.15) is 31.7 Å². The van der Waals surface area contributed by atoms with Crippen molar-refractivity contribution in [2.75, 3.05) is 18.0 Å². The molecule has 0 radical (unpaired) electrons. The second-order valence-corrected chi connectivity index (χ2v) is 5.31. The molecule has 1 N–H and O–H groups in total. The zero-order valence-corrected chi connectivity index (χ0v) is 11.7. The van der Waals surface area contributed by atoms with Crippen molar-refractivity contribution in [1.82, 2.24) is 0 Å². The van der Waals surface area contributed by atoms with E-state index in [2.05, 4.69) is 11.0 Å². The second kappa shape index (κ2) is 6.42. The van der Waals surface area contributed by atoms with Crippen molar-refractivity contribution in [3.63, 3.8) is 0 Å². The lowest BCUT2D eigenvalue weighted by Crippen LogP contribution is -2.38. The van der Waals surface area contributed by atoms with Gasteiger partial charge in [0.2, 0.25) is 0 Å². The topological polar surface area (TPSA) is 64.3 Å². The Morgan fingerprint density at radius 2 is 2.10 bits per heavy atom. The van der Waals surface area contributed by atoms with Crippen molar-refractivity contribution in [2.45, 2.75) is 26.2 Å². The van der Waals surface area contributed by atoms with Gasteiger partial charge in [0, 0.05) is 13.1 Å².